The average molecular weight is 561 g/mol. The quantitative estimate of drug-likeness (QED) is 0.329. The highest BCUT2D eigenvalue weighted by Crippen LogP contribution is 2.32. The van der Waals surface area contributed by atoms with Crippen LogP contribution in [0.25, 0.3) is 10.4 Å². The summed E-state index contributed by atoms with van der Waals surface area (Å²) < 4.78 is 18.7. The van der Waals surface area contributed by atoms with Crippen molar-refractivity contribution in [1.82, 2.24) is 9.55 Å². The summed E-state index contributed by atoms with van der Waals surface area (Å²) in [6, 6.07) is 17.6. The molecular weight excluding hydrogens is 532 g/mol. The van der Waals surface area contributed by atoms with Crippen LogP contribution in [0.5, 0.6) is 0 Å². The number of hydrogen-bond donors (Lipinski definition) is 1. The van der Waals surface area contributed by atoms with E-state index in [1.807, 2.05) is 32.9 Å². The lowest BCUT2D eigenvalue weighted by atomic mass is 10.1. The maximum Gasteiger partial charge on any atom is 0.338 e. The zero-order chi connectivity index (χ0) is 28.4. The van der Waals surface area contributed by atoms with Crippen LogP contribution in [0.15, 0.2) is 76.4 Å². The van der Waals surface area contributed by atoms with E-state index in [0.29, 0.717) is 21.6 Å². The van der Waals surface area contributed by atoms with Crippen molar-refractivity contribution in [3.05, 3.63) is 115 Å². The summed E-state index contributed by atoms with van der Waals surface area (Å²) in [6.45, 7) is 5.55. The summed E-state index contributed by atoms with van der Waals surface area (Å²) in [5.41, 5.74) is 1.90. The molecular formula is C30H28N2O7S. The maximum absolute atomic E-state index is 12.9. The van der Waals surface area contributed by atoms with E-state index in [4.69, 9.17) is 14.2 Å². The highest BCUT2D eigenvalue weighted by Gasteiger charge is 2.40. The molecule has 3 atom stereocenters. The fourth-order valence-corrected chi connectivity index (χ4v) is 5.30. The number of H-pyrrole nitrogens is 1. The Bertz CT molecular complexity index is 1650. The number of carbonyl (C=O) groups excluding carboxylic acids is 2. The van der Waals surface area contributed by atoms with Gasteiger partial charge in [-0.05, 0) is 57.2 Å². The molecule has 1 aliphatic heterocycles. The molecule has 0 aliphatic carbocycles. The van der Waals surface area contributed by atoms with Crippen molar-refractivity contribution in [2.45, 2.75) is 45.6 Å². The van der Waals surface area contributed by atoms with Gasteiger partial charge in [0.15, 0.2) is 0 Å². The van der Waals surface area contributed by atoms with E-state index in [9.17, 15) is 19.2 Å². The van der Waals surface area contributed by atoms with Crippen molar-refractivity contribution >= 4 is 23.3 Å². The molecule has 1 saturated heterocycles. The van der Waals surface area contributed by atoms with Crippen LogP contribution in [-0.2, 0) is 14.2 Å². The summed E-state index contributed by atoms with van der Waals surface area (Å²) in [7, 11) is 0. The van der Waals surface area contributed by atoms with Crippen molar-refractivity contribution in [2.24, 2.45) is 0 Å². The molecule has 1 N–H and O–H groups in total. The Morgan fingerprint density at radius 2 is 1.55 bits per heavy atom. The van der Waals surface area contributed by atoms with Crippen LogP contribution in [0, 0.1) is 20.8 Å². The second-order valence-electron chi connectivity index (χ2n) is 9.76. The zero-order valence-electron chi connectivity index (χ0n) is 22.2. The van der Waals surface area contributed by atoms with E-state index >= 15 is 0 Å². The number of thiophene rings is 1. The Morgan fingerprint density at radius 3 is 2.15 bits per heavy atom. The van der Waals surface area contributed by atoms with Gasteiger partial charge >= 0.3 is 17.6 Å². The maximum atomic E-state index is 12.9. The first-order valence-corrected chi connectivity index (χ1v) is 13.6. The molecule has 1 fully saturated rings. The predicted molar refractivity (Wildman–Crippen MR) is 150 cm³/mol. The van der Waals surface area contributed by atoms with E-state index in [0.717, 1.165) is 16.0 Å². The minimum absolute atomic E-state index is 0.110. The number of aromatic nitrogens is 2. The fourth-order valence-electron chi connectivity index (χ4n) is 4.43. The first-order valence-electron chi connectivity index (χ1n) is 12.8. The molecule has 9 nitrogen and oxygen atoms in total. The number of esters is 2. The average Bonchev–Trinajstić information content (AvgIpc) is 3.54. The lowest BCUT2D eigenvalue weighted by Crippen LogP contribution is -2.33. The SMILES string of the molecule is Cc1ccc(C(=O)OC[C@@H]2O[C@H](n3cc(-c4ccc(C)s4)c(=O)[nH]c3=O)C[C@H]2OC(=O)c2ccc(C)cc2)cc1. The van der Waals surface area contributed by atoms with E-state index < -0.39 is 41.6 Å². The number of rotatable bonds is 7. The molecule has 0 spiro atoms. The van der Waals surface area contributed by atoms with Gasteiger partial charge in [-0.3, -0.25) is 14.3 Å². The van der Waals surface area contributed by atoms with Crippen molar-refractivity contribution in [3.8, 4) is 10.4 Å². The molecule has 0 radical (unpaired) electrons. The third-order valence-corrected chi connectivity index (χ3v) is 7.71. The molecule has 0 unspecified atom stereocenters. The molecule has 0 saturated carbocycles. The Balaban J connectivity index is 1.40. The number of ether oxygens (including phenoxy) is 3. The van der Waals surface area contributed by atoms with Gasteiger partial charge in [0, 0.05) is 22.4 Å². The van der Waals surface area contributed by atoms with Crippen molar-refractivity contribution in [1.29, 1.82) is 0 Å². The normalized spacial score (nSPS) is 18.4. The molecule has 1 aliphatic rings. The summed E-state index contributed by atoms with van der Waals surface area (Å²) in [5.74, 6) is -1.11. The van der Waals surface area contributed by atoms with Gasteiger partial charge in [0.05, 0.1) is 16.7 Å². The van der Waals surface area contributed by atoms with Gasteiger partial charge in [-0.2, -0.15) is 0 Å². The minimum Gasteiger partial charge on any atom is -0.459 e. The van der Waals surface area contributed by atoms with E-state index in [1.54, 1.807) is 48.5 Å². The van der Waals surface area contributed by atoms with Gasteiger partial charge in [-0.1, -0.05) is 35.4 Å². The summed E-state index contributed by atoms with van der Waals surface area (Å²) in [6.07, 6.45) is -0.977. The van der Waals surface area contributed by atoms with Crippen molar-refractivity contribution < 1.29 is 23.8 Å². The van der Waals surface area contributed by atoms with Crippen LogP contribution in [0.4, 0.5) is 0 Å². The number of aromatic amines is 1. The molecule has 3 heterocycles. The zero-order valence-corrected chi connectivity index (χ0v) is 23.0. The van der Waals surface area contributed by atoms with Gasteiger partial charge in [-0.15, -0.1) is 11.3 Å². The number of nitrogens with zero attached hydrogens (tertiary/aromatic N) is 1. The number of nitrogens with one attached hydrogen (secondary N) is 1. The molecule has 2 aromatic heterocycles. The molecule has 2 aromatic carbocycles. The van der Waals surface area contributed by atoms with Gasteiger partial charge in [0.2, 0.25) is 0 Å². The molecule has 10 heteroatoms. The second-order valence-corrected chi connectivity index (χ2v) is 11.0. The fraction of sp³-hybridized carbons (Fsp3) is 0.267. The summed E-state index contributed by atoms with van der Waals surface area (Å²) in [5, 5.41) is 0. The first-order chi connectivity index (χ1) is 19.2. The van der Waals surface area contributed by atoms with Crippen LogP contribution in [0.3, 0.4) is 0 Å². The van der Waals surface area contributed by atoms with Crippen LogP contribution >= 0.6 is 11.3 Å². The Labute approximate surface area is 234 Å². The van der Waals surface area contributed by atoms with Crippen molar-refractivity contribution in [3.63, 3.8) is 0 Å². The van der Waals surface area contributed by atoms with Crippen LogP contribution < -0.4 is 11.2 Å². The molecule has 206 valence electrons. The minimum atomic E-state index is -0.872. The lowest BCUT2D eigenvalue weighted by Gasteiger charge is -2.19. The monoisotopic (exact) mass is 560 g/mol. The van der Waals surface area contributed by atoms with E-state index in [1.165, 1.54) is 22.1 Å². The van der Waals surface area contributed by atoms with Gasteiger partial charge < -0.3 is 14.2 Å². The van der Waals surface area contributed by atoms with Crippen molar-refractivity contribution in [2.75, 3.05) is 6.61 Å². The number of carbonyl (C=O) groups is 2. The molecule has 0 bridgehead atoms. The largest absolute Gasteiger partial charge is 0.459 e. The first kappa shape index (κ1) is 27.3. The molecule has 4 aromatic rings. The van der Waals surface area contributed by atoms with Crippen LogP contribution in [-0.4, -0.2) is 40.3 Å². The highest BCUT2D eigenvalue weighted by atomic mass is 32.1. The van der Waals surface area contributed by atoms with Gasteiger partial charge in [0.1, 0.15) is 25.0 Å². The summed E-state index contributed by atoms with van der Waals surface area (Å²) >= 11 is 1.43. The number of aryl methyl sites for hydroxylation is 3. The number of benzene rings is 2. The van der Waals surface area contributed by atoms with Gasteiger partial charge in [-0.25, -0.2) is 14.4 Å². The van der Waals surface area contributed by atoms with Crippen LogP contribution in [0.2, 0.25) is 0 Å². The third-order valence-electron chi connectivity index (χ3n) is 6.68. The molecule has 0 amide bonds. The Morgan fingerprint density at radius 1 is 0.925 bits per heavy atom. The standard InChI is InChI=1S/C30H28N2O7S/c1-17-4-9-20(10-5-17)28(34)37-16-24-23(39-29(35)21-11-6-18(2)7-12-21)14-26(38-24)32-15-22(27(33)31-30(32)36)25-13-8-19(3)40-25/h4-13,15,23-24,26H,14,16H2,1-3H3,(H,31,33,36)/t23-,24+,26+/m1/s1. The molecule has 40 heavy (non-hydrogen) atoms. The summed E-state index contributed by atoms with van der Waals surface area (Å²) in [4.78, 5) is 55.1. The smallest absolute Gasteiger partial charge is 0.338 e. The Hall–Kier alpha value is -4.28. The number of hydrogen-bond acceptors (Lipinski definition) is 8. The Kier molecular flexibility index (Phi) is 7.81. The van der Waals surface area contributed by atoms with E-state index in [2.05, 4.69) is 4.98 Å². The third kappa shape index (κ3) is 5.98. The second kappa shape index (κ2) is 11.4. The molecule has 5 rings (SSSR count). The van der Waals surface area contributed by atoms with Crippen LogP contribution in [0.1, 0.15) is 49.4 Å². The lowest BCUT2D eigenvalue weighted by molar-refractivity contribution is -0.0582. The predicted octanol–water partition coefficient (Wildman–Crippen LogP) is 4.56. The van der Waals surface area contributed by atoms with E-state index in [-0.39, 0.29) is 13.0 Å². The van der Waals surface area contributed by atoms with Gasteiger partial charge in [0.25, 0.3) is 5.56 Å². The highest BCUT2D eigenvalue weighted by molar-refractivity contribution is 7.15. The topological polar surface area (TPSA) is 117 Å².